The molecule has 0 aliphatic heterocycles. The molecule has 0 saturated carbocycles. The lowest BCUT2D eigenvalue weighted by Gasteiger charge is -1.75. The van der Waals surface area contributed by atoms with Gasteiger partial charge in [0.15, 0.2) is 0 Å². The van der Waals surface area contributed by atoms with Gasteiger partial charge in [-0.2, -0.15) is 0 Å². The van der Waals surface area contributed by atoms with Crippen LogP contribution in [0, 0.1) is 0 Å². The first-order valence-corrected chi connectivity index (χ1v) is 2.16. The predicted octanol–water partition coefficient (Wildman–Crippen LogP) is 0.719. The van der Waals surface area contributed by atoms with E-state index in [1.165, 1.54) is 0 Å². The summed E-state index contributed by atoms with van der Waals surface area (Å²) in [6.45, 7) is 0. The number of hydrogen-bond acceptors (Lipinski definition) is 2. The highest BCUT2D eigenvalue weighted by Gasteiger charge is 1.51. The molecule has 0 rings (SSSR count). The predicted molar refractivity (Wildman–Crippen MR) is 31.9 cm³/mol. The SMILES string of the molecule is CNC=CC=S. The summed E-state index contributed by atoms with van der Waals surface area (Å²) in [5.74, 6) is 0. The van der Waals surface area contributed by atoms with Crippen LogP contribution in [-0.4, -0.2) is 12.4 Å². The summed E-state index contributed by atoms with van der Waals surface area (Å²) in [4.78, 5) is 0. The zero-order chi connectivity index (χ0) is 4.83. The van der Waals surface area contributed by atoms with Crippen molar-refractivity contribution < 1.29 is 0 Å². The first kappa shape index (κ1) is 5.63. The highest BCUT2D eigenvalue weighted by atomic mass is 32.1. The standard InChI is InChI=1S/C4H7NS/c1-5-3-2-4-6/h2-5H,1H3. The molecule has 0 fully saturated rings. The summed E-state index contributed by atoms with van der Waals surface area (Å²) in [6, 6.07) is 0. The molecule has 1 nitrogen and oxygen atoms in total. The van der Waals surface area contributed by atoms with Gasteiger partial charge in [0.2, 0.25) is 0 Å². The summed E-state index contributed by atoms with van der Waals surface area (Å²) < 4.78 is 0. The van der Waals surface area contributed by atoms with Gasteiger partial charge in [-0.15, -0.1) is 0 Å². The Morgan fingerprint density at radius 3 is 2.50 bits per heavy atom. The van der Waals surface area contributed by atoms with Crippen LogP contribution in [0.3, 0.4) is 0 Å². The molecule has 0 spiro atoms. The maximum atomic E-state index is 4.47. The van der Waals surface area contributed by atoms with Crippen molar-refractivity contribution >= 4 is 17.6 Å². The van der Waals surface area contributed by atoms with E-state index < -0.39 is 0 Å². The smallest absolute Gasteiger partial charge is 0.00278 e. The fraction of sp³-hybridized carbons (Fsp3) is 0.250. The maximum absolute atomic E-state index is 4.47. The van der Waals surface area contributed by atoms with Crippen LogP contribution >= 0.6 is 12.2 Å². The van der Waals surface area contributed by atoms with Crippen molar-refractivity contribution in [1.82, 2.24) is 5.32 Å². The van der Waals surface area contributed by atoms with Gasteiger partial charge >= 0.3 is 0 Å². The van der Waals surface area contributed by atoms with E-state index in [0.717, 1.165) is 0 Å². The van der Waals surface area contributed by atoms with Gasteiger partial charge in [0.25, 0.3) is 0 Å². The van der Waals surface area contributed by atoms with Crippen molar-refractivity contribution in [2.24, 2.45) is 0 Å². The fourth-order valence-electron chi connectivity index (χ4n) is 0.136. The molecule has 0 aliphatic carbocycles. The number of thiocarbonyl (C=S) groups is 1. The first-order chi connectivity index (χ1) is 2.91. The molecule has 0 saturated heterocycles. The molecule has 0 aliphatic rings. The summed E-state index contributed by atoms with van der Waals surface area (Å²) >= 11 is 4.47. The second-order valence-electron chi connectivity index (χ2n) is 0.784. The number of nitrogens with one attached hydrogen (secondary N) is 1. The Kier molecular flexibility index (Phi) is 4.34. The van der Waals surface area contributed by atoms with Crippen molar-refractivity contribution in [2.75, 3.05) is 7.05 Å². The van der Waals surface area contributed by atoms with E-state index in [1.807, 2.05) is 7.05 Å². The van der Waals surface area contributed by atoms with Gasteiger partial charge in [-0.25, -0.2) is 0 Å². The Hall–Kier alpha value is -0.370. The van der Waals surface area contributed by atoms with Gasteiger partial charge in [-0.05, 0) is 12.3 Å². The minimum atomic E-state index is 1.55. The fourth-order valence-corrected chi connectivity index (χ4v) is 0.214. The molecule has 1 N–H and O–H groups in total. The molecule has 6 heavy (non-hydrogen) atoms. The second kappa shape index (κ2) is 4.63. The van der Waals surface area contributed by atoms with Crippen LogP contribution in [0.1, 0.15) is 0 Å². The maximum Gasteiger partial charge on any atom is 0.00278 e. The van der Waals surface area contributed by atoms with Crippen molar-refractivity contribution in [3.63, 3.8) is 0 Å². The zero-order valence-corrected chi connectivity index (χ0v) is 4.46. The van der Waals surface area contributed by atoms with Gasteiger partial charge in [-0.1, -0.05) is 12.2 Å². The average molecular weight is 101 g/mol. The molecule has 0 aromatic heterocycles. The van der Waals surface area contributed by atoms with Crippen LogP contribution in [-0.2, 0) is 0 Å². The second-order valence-corrected chi connectivity index (χ2v) is 1.06. The van der Waals surface area contributed by atoms with E-state index in [0.29, 0.717) is 0 Å². The minimum absolute atomic E-state index is 1.55. The van der Waals surface area contributed by atoms with Crippen LogP contribution in [0.4, 0.5) is 0 Å². The van der Waals surface area contributed by atoms with Crippen LogP contribution in [0.5, 0.6) is 0 Å². The third-order valence-corrected chi connectivity index (χ3v) is 0.499. The van der Waals surface area contributed by atoms with E-state index in [4.69, 9.17) is 0 Å². The van der Waals surface area contributed by atoms with Gasteiger partial charge in [-0.3, -0.25) is 0 Å². The Balaban J connectivity index is 2.94. The van der Waals surface area contributed by atoms with E-state index in [-0.39, 0.29) is 0 Å². The van der Waals surface area contributed by atoms with Crippen molar-refractivity contribution in [3.8, 4) is 0 Å². The molecule has 0 unspecified atom stereocenters. The molecule has 34 valence electrons. The Bertz CT molecular complexity index is 58.6. The van der Waals surface area contributed by atoms with Crippen molar-refractivity contribution in [2.45, 2.75) is 0 Å². The van der Waals surface area contributed by atoms with Crippen LogP contribution < -0.4 is 5.32 Å². The number of allylic oxidation sites excluding steroid dienone is 1. The van der Waals surface area contributed by atoms with Crippen LogP contribution in [0.25, 0.3) is 0 Å². The Morgan fingerprint density at radius 1 is 1.67 bits per heavy atom. The van der Waals surface area contributed by atoms with E-state index >= 15 is 0 Å². The summed E-state index contributed by atoms with van der Waals surface area (Å²) in [5.41, 5.74) is 0. The van der Waals surface area contributed by atoms with Gasteiger partial charge in [0.05, 0.1) is 0 Å². The van der Waals surface area contributed by atoms with Crippen LogP contribution in [0.15, 0.2) is 12.3 Å². The molecule has 0 radical (unpaired) electrons. The lowest BCUT2D eigenvalue weighted by atomic mass is 10.7. The lowest BCUT2D eigenvalue weighted by Crippen LogP contribution is -1.90. The lowest BCUT2D eigenvalue weighted by molar-refractivity contribution is 1.11. The molecule has 2 heteroatoms. The molecule has 0 aromatic carbocycles. The topological polar surface area (TPSA) is 12.0 Å². The average Bonchev–Trinajstić information content (AvgIpc) is 1.61. The highest BCUT2D eigenvalue weighted by Crippen LogP contribution is 1.56. The quantitative estimate of drug-likeness (QED) is 0.406. The van der Waals surface area contributed by atoms with Crippen molar-refractivity contribution in [1.29, 1.82) is 0 Å². The minimum Gasteiger partial charge on any atom is -0.394 e. The molecule has 0 bridgehead atoms. The molecular formula is C4H7NS. The molecule has 0 amide bonds. The van der Waals surface area contributed by atoms with E-state index in [2.05, 4.69) is 17.5 Å². The van der Waals surface area contributed by atoms with Gasteiger partial charge < -0.3 is 5.32 Å². The van der Waals surface area contributed by atoms with Gasteiger partial charge in [0, 0.05) is 12.4 Å². The summed E-state index contributed by atoms with van der Waals surface area (Å²) in [7, 11) is 1.83. The normalized spacial score (nSPS) is 8.83. The zero-order valence-electron chi connectivity index (χ0n) is 3.64. The van der Waals surface area contributed by atoms with E-state index in [9.17, 15) is 0 Å². The molecule has 0 atom stereocenters. The summed E-state index contributed by atoms with van der Waals surface area (Å²) in [5, 5.41) is 4.34. The molecule has 0 aromatic rings. The van der Waals surface area contributed by atoms with Crippen LogP contribution in [0.2, 0.25) is 0 Å². The Morgan fingerprint density at radius 2 is 2.33 bits per heavy atom. The number of rotatable bonds is 2. The molecular weight excluding hydrogens is 94.1 g/mol. The Labute approximate surface area is 43.1 Å². The monoisotopic (exact) mass is 101 g/mol. The van der Waals surface area contributed by atoms with E-state index in [1.54, 1.807) is 17.6 Å². The highest BCUT2D eigenvalue weighted by molar-refractivity contribution is 7.79. The number of hydrogen-bond donors (Lipinski definition) is 1. The largest absolute Gasteiger partial charge is 0.394 e. The molecule has 0 heterocycles. The van der Waals surface area contributed by atoms with Crippen molar-refractivity contribution in [3.05, 3.63) is 12.3 Å². The van der Waals surface area contributed by atoms with Gasteiger partial charge in [0.1, 0.15) is 0 Å². The first-order valence-electron chi connectivity index (χ1n) is 1.69. The summed E-state index contributed by atoms with van der Waals surface area (Å²) in [6.07, 6.45) is 3.53. The third-order valence-electron chi connectivity index (χ3n) is 0.341. The third kappa shape index (κ3) is 3.63.